The lowest BCUT2D eigenvalue weighted by molar-refractivity contribution is 0.167. The van der Waals surface area contributed by atoms with Crippen LogP contribution in [0.2, 0.25) is 0 Å². The van der Waals surface area contributed by atoms with Gasteiger partial charge in [0.2, 0.25) is 5.95 Å². The first-order valence-electron chi connectivity index (χ1n) is 9.46. The standard InChI is InChI=1S/C20H24N6S/c1-15-5-2-3-10-26(15)11-9-23-20-24-13-16(17-14-21-7-8-22-17)19(25-20)18-6-4-12-27-18/h4,6-8,12-15H,2-3,5,9-11H2,1H3,(H,23,24,25)/t15-/m1/s1. The van der Waals surface area contributed by atoms with Crippen molar-refractivity contribution in [3.8, 4) is 21.8 Å². The van der Waals surface area contributed by atoms with Crippen molar-refractivity contribution < 1.29 is 0 Å². The van der Waals surface area contributed by atoms with Gasteiger partial charge in [-0.1, -0.05) is 12.5 Å². The third-order valence-corrected chi connectivity index (χ3v) is 5.88. The zero-order chi connectivity index (χ0) is 18.5. The number of piperidine rings is 1. The van der Waals surface area contributed by atoms with E-state index < -0.39 is 0 Å². The minimum absolute atomic E-state index is 0.663. The van der Waals surface area contributed by atoms with Crippen LogP contribution in [0.25, 0.3) is 21.8 Å². The Morgan fingerprint density at radius 2 is 2.19 bits per heavy atom. The monoisotopic (exact) mass is 380 g/mol. The van der Waals surface area contributed by atoms with Crippen molar-refractivity contribution in [3.05, 3.63) is 42.3 Å². The average Bonchev–Trinajstić information content (AvgIpc) is 3.25. The summed E-state index contributed by atoms with van der Waals surface area (Å²) in [7, 11) is 0. The summed E-state index contributed by atoms with van der Waals surface area (Å²) < 4.78 is 0. The maximum atomic E-state index is 4.80. The van der Waals surface area contributed by atoms with Crippen LogP contribution in [-0.2, 0) is 0 Å². The van der Waals surface area contributed by atoms with Gasteiger partial charge in [-0.3, -0.25) is 14.9 Å². The first-order valence-corrected chi connectivity index (χ1v) is 10.3. The van der Waals surface area contributed by atoms with Crippen molar-refractivity contribution >= 4 is 17.3 Å². The molecule has 3 aromatic heterocycles. The molecule has 0 aromatic carbocycles. The summed E-state index contributed by atoms with van der Waals surface area (Å²) in [4.78, 5) is 21.6. The van der Waals surface area contributed by atoms with E-state index in [9.17, 15) is 0 Å². The highest BCUT2D eigenvalue weighted by Crippen LogP contribution is 2.32. The Hall–Kier alpha value is -2.38. The molecule has 0 spiro atoms. The van der Waals surface area contributed by atoms with E-state index in [2.05, 4.69) is 43.5 Å². The van der Waals surface area contributed by atoms with E-state index in [1.165, 1.54) is 25.8 Å². The molecule has 0 amide bonds. The molecule has 6 nitrogen and oxygen atoms in total. The molecule has 1 N–H and O–H groups in total. The van der Waals surface area contributed by atoms with Crippen molar-refractivity contribution in [3.63, 3.8) is 0 Å². The molecule has 0 aliphatic carbocycles. The van der Waals surface area contributed by atoms with Gasteiger partial charge in [0, 0.05) is 43.3 Å². The van der Waals surface area contributed by atoms with Crippen LogP contribution in [0.3, 0.4) is 0 Å². The quantitative estimate of drug-likeness (QED) is 0.698. The van der Waals surface area contributed by atoms with E-state index in [0.29, 0.717) is 12.0 Å². The lowest BCUT2D eigenvalue weighted by atomic mass is 10.0. The van der Waals surface area contributed by atoms with Gasteiger partial charge < -0.3 is 5.32 Å². The first kappa shape index (κ1) is 18.0. The summed E-state index contributed by atoms with van der Waals surface area (Å²) in [5.41, 5.74) is 2.59. The zero-order valence-electron chi connectivity index (χ0n) is 15.5. The number of likely N-dealkylation sites (tertiary alicyclic amines) is 1. The molecule has 0 bridgehead atoms. The maximum absolute atomic E-state index is 4.80. The van der Waals surface area contributed by atoms with Gasteiger partial charge >= 0.3 is 0 Å². The first-order chi connectivity index (χ1) is 13.3. The van der Waals surface area contributed by atoms with E-state index in [0.717, 1.165) is 34.9 Å². The van der Waals surface area contributed by atoms with Gasteiger partial charge in [0.15, 0.2) is 0 Å². The predicted molar refractivity (Wildman–Crippen MR) is 110 cm³/mol. The molecule has 4 heterocycles. The molecular weight excluding hydrogens is 356 g/mol. The van der Waals surface area contributed by atoms with Crippen LogP contribution in [-0.4, -0.2) is 50.5 Å². The highest BCUT2D eigenvalue weighted by atomic mass is 32.1. The van der Waals surface area contributed by atoms with Crippen LogP contribution in [0.1, 0.15) is 26.2 Å². The third-order valence-electron chi connectivity index (χ3n) is 5.01. The van der Waals surface area contributed by atoms with Crippen molar-refractivity contribution in [2.45, 2.75) is 32.2 Å². The minimum Gasteiger partial charge on any atom is -0.353 e. The van der Waals surface area contributed by atoms with Gasteiger partial charge in [0.1, 0.15) is 0 Å². The number of rotatable bonds is 6. The van der Waals surface area contributed by atoms with E-state index in [1.54, 1.807) is 29.9 Å². The second-order valence-corrected chi connectivity index (χ2v) is 7.78. The maximum Gasteiger partial charge on any atom is 0.223 e. The lowest BCUT2D eigenvalue weighted by Gasteiger charge is -2.33. The molecule has 4 rings (SSSR count). The third kappa shape index (κ3) is 4.31. The number of hydrogen-bond donors (Lipinski definition) is 1. The van der Waals surface area contributed by atoms with Gasteiger partial charge in [-0.05, 0) is 37.8 Å². The minimum atomic E-state index is 0.663. The fraction of sp³-hybridized carbons (Fsp3) is 0.400. The summed E-state index contributed by atoms with van der Waals surface area (Å²) in [5.74, 6) is 0.663. The summed E-state index contributed by atoms with van der Waals surface area (Å²) >= 11 is 1.67. The summed E-state index contributed by atoms with van der Waals surface area (Å²) in [6.45, 7) is 5.37. The summed E-state index contributed by atoms with van der Waals surface area (Å²) in [5, 5.41) is 5.46. The number of nitrogens with one attached hydrogen (secondary N) is 1. The van der Waals surface area contributed by atoms with E-state index in [1.807, 2.05) is 12.3 Å². The molecule has 0 unspecified atom stereocenters. The Bertz CT molecular complexity index is 852. The van der Waals surface area contributed by atoms with E-state index in [-0.39, 0.29) is 0 Å². The number of nitrogens with zero attached hydrogens (tertiary/aromatic N) is 5. The SMILES string of the molecule is C[C@@H]1CCCCN1CCNc1ncc(-c2cnccn2)c(-c2cccs2)n1. The highest BCUT2D eigenvalue weighted by Gasteiger charge is 2.18. The zero-order valence-corrected chi connectivity index (χ0v) is 16.3. The van der Waals surface area contributed by atoms with Crippen LogP contribution in [0.15, 0.2) is 42.3 Å². The van der Waals surface area contributed by atoms with E-state index >= 15 is 0 Å². The normalized spacial score (nSPS) is 17.7. The molecule has 1 aliphatic heterocycles. The van der Waals surface area contributed by atoms with Crippen LogP contribution < -0.4 is 5.32 Å². The molecule has 1 fully saturated rings. The van der Waals surface area contributed by atoms with Crippen molar-refractivity contribution in [1.82, 2.24) is 24.8 Å². The van der Waals surface area contributed by atoms with Gasteiger partial charge in [-0.2, -0.15) is 0 Å². The second-order valence-electron chi connectivity index (χ2n) is 6.83. The lowest BCUT2D eigenvalue weighted by Crippen LogP contribution is -2.40. The van der Waals surface area contributed by atoms with Crippen molar-refractivity contribution in [2.75, 3.05) is 25.0 Å². The summed E-state index contributed by atoms with van der Waals surface area (Å²) in [6.07, 6.45) is 10.9. The molecule has 0 radical (unpaired) electrons. The number of thiophene rings is 1. The molecule has 7 heteroatoms. The smallest absolute Gasteiger partial charge is 0.223 e. The highest BCUT2D eigenvalue weighted by molar-refractivity contribution is 7.13. The van der Waals surface area contributed by atoms with Crippen LogP contribution >= 0.6 is 11.3 Å². The average molecular weight is 381 g/mol. The predicted octanol–water partition coefficient (Wildman–Crippen LogP) is 3.95. The molecule has 27 heavy (non-hydrogen) atoms. The molecule has 140 valence electrons. The van der Waals surface area contributed by atoms with E-state index in [4.69, 9.17) is 4.98 Å². The number of anilines is 1. The van der Waals surface area contributed by atoms with Crippen LogP contribution in [0.4, 0.5) is 5.95 Å². The Morgan fingerprint density at radius 3 is 2.96 bits per heavy atom. The molecule has 0 saturated carbocycles. The molecule has 1 aliphatic rings. The fourth-order valence-electron chi connectivity index (χ4n) is 3.49. The molecule has 1 saturated heterocycles. The topological polar surface area (TPSA) is 66.8 Å². The fourth-order valence-corrected chi connectivity index (χ4v) is 4.22. The van der Waals surface area contributed by atoms with Crippen molar-refractivity contribution in [2.24, 2.45) is 0 Å². The van der Waals surface area contributed by atoms with Crippen molar-refractivity contribution in [1.29, 1.82) is 0 Å². The Labute approximate surface area is 163 Å². The second kappa shape index (κ2) is 8.54. The van der Waals surface area contributed by atoms with Gasteiger partial charge in [0.05, 0.1) is 22.5 Å². The van der Waals surface area contributed by atoms with Crippen LogP contribution in [0.5, 0.6) is 0 Å². The molecule has 3 aromatic rings. The molecule has 1 atom stereocenters. The number of aromatic nitrogens is 4. The molecular formula is C20H24N6S. The Balaban J connectivity index is 1.52. The van der Waals surface area contributed by atoms with Gasteiger partial charge in [-0.25, -0.2) is 9.97 Å². The number of hydrogen-bond acceptors (Lipinski definition) is 7. The Kier molecular flexibility index (Phi) is 5.69. The van der Waals surface area contributed by atoms with Crippen LogP contribution in [0, 0.1) is 0 Å². The van der Waals surface area contributed by atoms with Gasteiger partial charge in [-0.15, -0.1) is 11.3 Å². The summed E-state index contributed by atoms with van der Waals surface area (Å²) in [6, 6.07) is 4.78. The largest absolute Gasteiger partial charge is 0.353 e. The Morgan fingerprint density at radius 1 is 1.22 bits per heavy atom. The van der Waals surface area contributed by atoms with Gasteiger partial charge in [0.25, 0.3) is 0 Å².